The van der Waals surface area contributed by atoms with Gasteiger partial charge < -0.3 is 10.1 Å². The van der Waals surface area contributed by atoms with Gasteiger partial charge >= 0.3 is 0 Å². The van der Waals surface area contributed by atoms with Crippen molar-refractivity contribution in [1.29, 1.82) is 0 Å². The highest BCUT2D eigenvalue weighted by molar-refractivity contribution is 5.36. The normalized spacial score (nSPS) is 14.3. The zero-order valence-electron chi connectivity index (χ0n) is 11.5. The molecule has 20 heavy (non-hydrogen) atoms. The summed E-state index contributed by atoms with van der Waals surface area (Å²) in [5, 5.41) is 3.37. The second-order valence-electron chi connectivity index (χ2n) is 5.34. The summed E-state index contributed by atoms with van der Waals surface area (Å²) in [5.41, 5.74) is 2.04. The maximum absolute atomic E-state index is 14.0. The number of hydrogen-bond acceptors (Lipinski definition) is 2. The number of ether oxygens (including phenoxy) is 1. The molecule has 2 nitrogen and oxygen atoms in total. The van der Waals surface area contributed by atoms with E-state index in [0.717, 1.165) is 11.1 Å². The molecule has 0 heterocycles. The van der Waals surface area contributed by atoms with Crippen LogP contribution in [0, 0.1) is 12.7 Å². The summed E-state index contributed by atoms with van der Waals surface area (Å²) < 4.78 is 19.6. The van der Waals surface area contributed by atoms with E-state index >= 15 is 0 Å². The second-order valence-corrected chi connectivity index (χ2v) is 5.34. The number of benzene rings is 2. The number of hydrogen-bond donors (Lipinski definition) is 1. The highest BCUT2D eigenvalue weighted by atomic mass is 19.1. The molecule has 1 fully saturated rings. The zero-order valence-corrected chi connectivity index (χ0v) is 11.5. The molecule has 1 saturated carbocycles. The van der Waals surface area contributed by atoms with Crippen LogP contribution in [-0.4, -0.2) is 6.04 Å². The van der Waals surface area contributed by atoms with Crippen LogP contribution in [0.1, 0.15) is 24.0 Å². The molecule has 0 aliphatic heterocycles. The Hall–Kier alpha value is -1.87. The summed E-state index contributed by atoms with van der Waals surface area (Å²) >= 11 is 0. The molecule has 1 aliphatic rings. The Balaban J connectivity index is 1.69. The fraction of sp³-hybridized carbons (Fsp3) is 0.294. The minimum Gasteiger partial charge on any atom is -0.454 e. The van der Waals surface area contributed by atoms with Crippen molar-refractivity contribution in [3.05, 3.63) is 59.4 Å². The van der Waals surface area contributed by atoms with Crippen molar-refractivity contribution in [1.82, 2.24) is 5.32 Å². The molecule has 0 unspecified atom stereocenters. The SMILES string of the molecule is Cc1cccc(Oc2ccc(CNC3CC3)cc2F)c1. The quantitative estimate of drug-likeness (QED) is 0.881. The first-order valence-corrected chi connectivity index (χ1v) is 6.97. The van der Waals surface area contributed by atoms with Gasteiger partial charge in [0, 0.05) is 12.6 Å². The van der Waals surface area contributed by atoms with Gasteiger partial charge in [-0.1, -0.05) is 18.2 Å². The monoisotopic (exact) mass is 271 g/mol. The Kier molecular flexibility index (Phi) is 3.70. The van der Waals surface area contributed by atoms with Gasteiger partial charge in [0.05, 0.1) is 0 Å². The third kappa shape index (κ3) is 3.36. The van der Waals surface area contributed by atoms with Crippen LogP contribution in [0.4, 0.5) is 4.39 Å². The Morgan fingerprint density at radius 1 is 1.20 bits per heavy atom. The van der Waals surface area contributed by atoms with Crippen molar-refractivity contribution in [2.24, 2.45) is 0 Å². The summed E-state index contributed by atoms with van der Waals surface area (Å²) in [5.74, 6) is 0.611. The molecule has 0 saturated heterocycles. The van der Waals surface area contributed by atoms with Crippen molar-refractivity contribution in [2.45, 2.75) is 32.4 Å². The number of nitrogens with one attached hydrogen (secondary N) is 1. The third-order valence-corrected chi connectivity index (χ3v) is 3.39. The molecule has 0 spiro atoms. The van der Waals surface area contributed by atoms with E-state index in [1.807, 2.05) is 37.3 Å². The van der Waals surface area contributed by atoms with Crippen LogP contribution in [-0.2, 0) is 6.54 Å². The molecule has 0 radical (unpaired) electrons. The van der Waals surface area contributed by atoms with Crippen LogP contribution in [0.3, 0.4) is 0 Å². The highest BCUT2D eigenvalue weighted by Gasteiger charge is 2.20. The van der Waals surface area contributed by atoms with Gasteiger partial charge in [0.15, 0.2) is 11.6 Å². The summed E-state index contributed by atoms with van der Waals surface area (Å²) in [4.78, 5) is 0. The summed E-state index contributed by atoms with van der Waals surface area (Å²) in [6.45, 7) is 2.70. The van der Waals surface area contributed by atoms with Crippen molar-refractivity contribution in [2.75, 3.05) is 0 Å². The zero-order chi connectivity index (χ0) is 13.9. The largest absolute Gasteiger partial charge is 0.454 e. The smallest absolute Gasteiger partial charge is 0.166 e. The molecule has 2 aromatic carbocycles. The predicted octanol–water partition coefficient (Wildman–Crippen LogP) is 4.18. The first-order chi connectivity index (χ1) is 9.70. The van der Waals surface area contributed by atoms with Crippen LogP contribution >= 0.6 is 0 Å². The summed E-state index contributed by atoms with van der Waals surface area (Å²) in [6, 6.07) is 13.4. The van der Waals surface area contributed by atoms with Crippen molar-refractivity contribution in [3.8, 4) is 11.5 Å². The maximum Gasteiger partial charge on any atom is 0.166 e. The second kappa shape index (κ2) is 5.63. The summed E-state index contributed by atoms with van der Waals surface area (Å²) in [6.07, 6.45) is 2.47. The van der Waals surface area contributed by atoms with Gasteiger partial charge in [-0.05, 0) is 55.2 Å². The van der Waals surface area contributed by atoms with Gasteiger partial charge in [-0.25, -0.2) is 4.39 Å². The molecule has 2 aromatic rings. The van der Waals surface area contributed by atoms with E-state index in [-0.39, 0.29) is 11.6 Å². The van der Waals surface area contributed by atoms with Crippen molar-refractivity contribution < 1.29 is 9.13 Å². The van der Waals surface area contributed by atoms with Crippen molar-refractivity contribution in [3.63, 3.8) is 0 Å². The molecule has 104 valence electrons. The van der Waals surface area contributed by atoms with Gasteiger partial charge in [-0.3, -0.25) is 0 Å². The Bertz CT molecular complexity index is 608. The lowest BCUT2D eigenvalue weighted by molar-refractivity contribution is 0.441. The van der Waals surface area contributed by atoms with E-state index in [4.69, 9.17) is 4.74 Å². The Labute approximate surface area is 118 Å². The molecular weight excluding hydrogens is 253 g/mol. The van der Waals surface area contributed by atoms with Crippen LogP contribution in [0.5, 0.6) is 11.5 Å². The number of rotatable bonds is 5. The first-order valence-electron chi connectivity index (χ1n) is 6.97. The van der Waals surface area contributed by atoms with Gasteiger partial charge in [0.1, 0.15) is 5.75 Å². The van der Waals surface area contributed by atoms with Crippen molar-refractivity contribution >= 4 is 0 Å². The maximum atomic E-state index is 14.0. The molecule has 0 atom stereocenters. The van der Waals surface area contributed by atoms with E-state index in [0.29, 0.717) is 18.3 Å². The molecule has 0 amide bonds. The minimum atomic E-state index is -0.318. The Morgan fingerprint density at radius 3 is 2.75 bits per heavy atom. The minimum absolute atomic E-state index is 0.269. The van der Waals surface area contributed by atoms with Gasteiger partial charge in [0.25, 0.3) is 0 Å². The van der Waals surface area contributed by atoms with Gasteiger partial charge in [0.2, 0.25) is 0 Å². The molecular formula is C17H18FNO. The van der Waals surface area contributed by atoms with E-state index in [1.165, 1.54) is 12.8 Å². The summed E-state index contributed by atoms with van der Waals surface area (Å²) in [7, 11) is 0. The molecule has 0 aromatic heterocycles. The molecule has 1 aliphatic carbocycles. The first kappa shape index (κ1) is 13.1. The van der Waals surface area contributed by atoms with Crippen LogP contribution < -0.4 is 10.1 Å². The lowest BCUT2D eigenvalue weighted by atomic mass is 10.2. The van der Waals surface area contributed by atoms with E-state index in [1.54, 1.807) is 12.1 Å². The van der Waals surface area contributed by atoms with Gasteiger partial charge in [-0.2, -0.15) is 0 Å². The van der Waals surface area contributed by atoms with Gasteiger partial charge in [-0.15, -0.1) is 0 Å². The molecule has 0 bridgehead atoms. The average molecular weight is 271 g/mol. The van der Waals surface area contributed by atoms with E-state index in [2.05, 4.69) is 5.32 Å². The van der Waals surface area contributed by atoms with Crippen LogP contribution in [0.15, 0.2) is 42.5 Å². The van der Waals surface area contributed by atoms with E-state index in [9.17, 15) is 4.39 Å². The standard InChI is InChI=1S/C17H18FNO/c1-12-3-2-4-15(9-12)20-17-8-5-13(10-16(17)18)11-19-14-6-7-14/h2-5,8-10,14,19H,6-7,11H2,1H3. The molecule has 3 heteroatoms. The lowest BCUT2D eigenvalue weighted by Gasteiger charge is -2.09. The van der Waals surface area contributed by atoms with Crippen LogP contribution in [0.25, 0.3) is 0 Å². The lowest BCUT2D eigenvalue weighted by Crippen LogP contribution is -2.15. The molecule has 1 N–H and O–H groups in total. The average Bonchev–Trinajstić information content (AvgIpc) is 3.23. The van der Waals surface area contributed by atoms with Crippen LogP contribution in [0.2, 0.25) is 0 Å². The third-order valence-electron chi connectivity index (χ3n) is 3.39. The topological polar surface area (TPSA) is 21.3 Å². The Morgan fingerprint density at radius 2 is 2.05 bits per heavy atom. The molecule has 3 rings (SSSR count). The van der Waals surface area contributed by atoms with E-state index < -0.39 is 0 Å². The fourth-order valence-corrected chi connectivity index (χ4v) is 2.09. The highest BCUT2D eigenvalue weighted by Crippen LogP contribution is 2.26. The fourth-order valence-electron chi connectivity index (χ4n) is 2.09. The number of aryl methyl sites for hydroxylation is 1. The predicted molar refractivity (Wildman–Crippen MR) is 77.5 cm³/mol. The number of halogens is 1.